The van der Waals surface area contributed by atoms with E-state index in [1.54, 1.807) is 11.8 Å². The Labute approximate surface area is 258 Å². The van der Waals surface area contributed by atoms with Crippen molar-refractivity contribution in [1.29, 1.82) is 0 Å². The second-order valence-corrected chi connectivity index (χ2v) is 18.3. The number of fused-ring (bicyclic) bond motifs is 2. The Morgan fingerprint density at radius 3 is 1.33 bits per heavy atom. The van der Waals surface area contributed by atoms with Gasteiger partial charge >= 0.3 is 7.82 Å². The molecule has 4 nitrogen and oxygen atoms in total. The molecule has 3 aromatic carbocycles. The molecule has 0 saturated heterocycles. The lowest BCUT2D eigenvalue weighted by Crippen LogP contribution is -2.22. The van der Waals surface area contributed by atoms with E-state index in [0.717, 1.165) is 32.0 Å². The first-order valence-corrected chi connectivity index (χ1v) is 17.1. The number of aryl methyl sites for hydroxylation is 2. The first-order valence-electron chi connectivity index (χ1n) is 14.8. The Morgan fingerprint density at radius 2 is 1.00 bits per heavy atom. The van der Waals surface area contributed by atoms with Crippen LogP contribution in [0.4, 0.5) is 0 Å². The van der Waals surface area contributed by atoms with Crippen molar-refractivity contribution in [3.05, 3.63) is 75.8 Å². The maximum atomic E-state index is 15.1. The summed E-state index contributed by atoms with van der Waals surface area (Å²) in [6.07, 6.45) is 0. The van der Waals surface area contributed by atoms with Gasteiger partial charge < -0.3 is 13.6 Å². The van der Waals surface area contributed by atoms with Gasteiger partial charge in [0.15, 0.2) is 11.5 Å². The molecule has 42 heavy (non-hydrogen) atoms. The monoisotopic (exact) mass is 608 g/mol. The third-order valence-corrected chi connectivity index (χ3v) is 9.96. The molecule has 0 spiro atoms. The molecule has 1 aliphatic heterocycles. The van der Waals surface area contributed by atoms with Gasteiger partial charge in [-0.25, -0.2) is 0 Å². The number of hydrogen-bond donors (Lipinski definition) is 0. The maximum Gasteiger partial charge on any atom is 0.647 e. The Balaban J connectivity index is 2.12. The van der Waals surface area contributed by atoms with E-state index >= 15 is 4.57 Å². The van der Waals surface area contributed by atoms with Gasteiger partial charge in [0.2, 0.25) is 0 Å². The molecule has 0 fully saturated rings. The highest BCUT2D eigenvalue weighted by molar-refractivity contribution is 7.99. The number of phosphoric acid groups is 1. The number of phosphoric ester groups is 1. The first kappa shape index (κ1) is 32.6. The highest BCUT2D eigenvalue weighted by Crippen LogP contribution is 2.61. The van der Waals surface area contributed by atoms with E-state index in [1.807, 2.05) is 32.0 Å². The van der Waals surface area contributed by atoms with Crippen molar-refractivity contribution in [3.63, 3.8) is 0 Å². The zero-order chi connectivity index (χ0) is 31.6. The lowest BCUT2D eigenvalue weighted by Gasteiger charge is -2.34. The van der Waals surface area contributed by atoms with Gasteiger partial charge in [-0.15, -0.1) is 0 Å². The van der Waals surface area contributed by atoms with E-state index in [-0.39, 0.29) is 21.7 Å². The van der Waals surface area contributed by atoms with Gasteiger partial charge in [-0.05, 0) is 69.9 Å². The minimum atomic E-state index is -4.24. The van der Waals surface area contributed by atoms with E-state index < -0.39 is 7.82 Å². The summed E-state index contributed by atoms with van der Waals surface area (Å²) in [4.78, 5) is 1.82. The van der Waals surface area contributed by atoms with Crippen LogP contribution in [0.25, 0.3) is 0 Å². The number of rotatable bonds is 2. The third-order valence-electron chi connectivity index (χ3n) is 7.70. The van der Waals surface area contributed by atoms with Crippen LogP contribution in [0.5, 0.6) is 17.2 Å². The Bertz CT molecular complexity index is 1450. The van der Waals surface area contributed by atoms with Crippen molar-refractivity contribution in [2.24, 2.45) is 0 Å². The SMILES string of the molecule is Cc1cccc(C)c1OP1(=O)Oc2c(cc(C(C)(C)C)cc2C(C)(C)C)Sc2cc(C(C)(C)C)cc(C(C)(C)C)c2O1. The van der Waals surface area contributed by atoms with Gasteiger partial charge in [0.1, 0.15) is 5.75 Å². The molecule has 0 aliphatic carbocycles. The Hall–Kier alpha value is -2.36. The molecule has 228 valence electrons. The molecule has 0 bridgehead atoms. The molecule has 3 aromatic rings. The summed E-state index contributed by atoms with van der Waals surface area (Å²) in [5.41, 5.74) is 5.29. The lowest BCUT2D eigenvalue weighted by molar-refractivity contribution is 0.285. The summed E-state index contributed by atoms with van der Waals surface area (Å²) >= 11 is 1.62. The Kier molecular flexibility index (Phi) is 8.27. The predicted molar refractivity (Wildman–Crippen MR) is 177 cm³/mol. The number of para-hydroxylation sites is 1. The van der Waals surface area contributed by atoms with E-state index in [2.05, 4.69) is 107 Å². The molecule has 1 heterocycles. The summed E-state index contributed by atoms with van der Waals surface area (Å²) in [5, 5.41) is 0. The highest BCUT2D eigenvalue weighted by Gasteiger charge is 2.42. The second-order valence-electron chi connectivity index (χ2n) is 15.7. The van der Waals surface area contributed by atoms with Crippen molar-refractivity contribution in [2.45, 2.75) is 128 Å². The molecular formula is C36H49O4PS. The van der Waals surface area contributed by atoms with Crippen LogP contribution in [-0.4, -0.2) is 0 Å². The molecule has 4 rings (SSSR count). The number of benzene rings is 3. The van der Waals surface area contributed by atoms with Crippen LogP contribution in [0.15, 0.2) is 52.3 Å². The molecule has 1 aliphatic rings. The number of hydrogen-bond acceptors (Lipinski definition) is 5. The molecule has 0 aromatic heterocycles. The largest absolute Gasteiger partial charge is 0.647 e. The second kappa shape index (κ2) is 10.7. The zero-order valence-electron chi connectivity index (χ0n) is 28.0. The molecule has 0 saturated carbocycles. The normalized spacial score (nSPS) is 15.5. The van der Waals surface area contributed by atoms with Crippen LogP contribution in [0, 0.1) is 13.8 Å². The van der Waals surface area contributed by atoms with Crippen molar-refractivity contribution >= 4 is 19.6 Å². The van der Waals surface area contributed by atoms with E-state index in [0.29, 0.717) is 17.2 Å². The maximum absolute atomic E-state index is 15.1. The summed E-state index contributed by atoms with van der Waals surface area (Å²) in [5.74, 6) is 1.63. The van der Waals surface area contributed by atoms with Crippen molar-refractivity contribution < 1.29 is 18.1 Å². The van der Waals surface area contributed by atoms with Crippen LogP contribution >= 0.6 is 19.6 Å². The Morgan fingerprint density at radius 1 is 0.619 bits per heavy atom. The summed E-state index contributed by atoms with van der Waals surface area (Å²) in [6, 6.07) is 14.6. The van der Waals surface area contributed by atoms with Gasteiger partial charge in [0.25, 0.3) is 0 Å². The van der Waals surface area contributed by atoms with Crippen LogP contribution in [0.2, 0.25) is 0 Å². The summed E-state index contributed by atoms with van der Waals surface area (Å²) < 4.78 is 34.6. The minimum Gasteiger partial charge on any atom is -0.385 e. The van der Waals surface area contributed by atoms with E-state index in [9.17, 15) is 0 Å². The van der Waals surface area contributed by atoms with Gasteiger partial charge in [-0.2, -0.15) is 4.57 Å². The molecule has 0 atom stereocenters. The third kappa shape index (κ3) is 6.73. The van der Waals surface area contributed by atoms with Crippen molar-refractivity contribution in [3.8, 4) is 17.2 Å². The van der Waals surface area contributed by atoms with E-state index in [1.165, 1.54) is 11.1 Å². The molecule has 0 amide bonds. The molecule has 0 N–H and O–H groups in total. The van der Waals surface area contributed by atoms with E-state index in [4.69, 9.17) is 13.6 Å². The molecular weight excluding hydrogens is 559 g/mol. The fourth-order valence-electron chi connectivity index (χ4n) is 4.98. The zero-order valence-corrected chi connectivity index (χ0v) is 29.7. The summed E-state index contributed by atoms with van der Waals surface area (Å²) in [6.45, 7) is 30.1. The standard InChI is InChI=1S/C36H49O4PS/c1-22-16-15-17-23(2)30(22)38-41(37)39-31-26(35(9,10)11)18-24(33(3,4)5)20-28(31)42-29-21-25(34(6,7)8)19-27(32(29)40-41)36(12,13)14/h15-21H,1-14H3. The van der Waals surface area contributed by atoms with Gasteiger partial charge in [0, 0.05) is 11.1 Å². The van der Waals surface area contributed by atoms with Crippen molar-refractivity contribution in [2.75, 3.05) is 0 Å². The predicted octanol–water partition coefficient (Wildman–Crippen LogP) is 11.6. The lowest BCUT2D eigenvalue weighted by atomic mass is 9.80. The van der Waals surface area contributed by atoms with Crippen LogP contribution < -0.4 is 13.6 Å². The highest BCUT2D eigenvalue weighted by atomic mass is 32.2. The fraction of sp³-hybridized carbons (Fsp3) is 0.500. The van der Waals surface area contributed by atoms with Crippen LogP contribution in [0.1, 0.15) is 116 Å². The minimum absolute atomic E-state index is 0.0976. The van der Waals surface area contributed by atoms with Crippen molar-refractivity contribution in [1.82, 2.24) is 0 Å². The van der Waals surface area contributed by atoms with Crippen LogP contribution in [0.3, 0.4) is 0 Å². The van der Waals surface area contributed by atoms with Gasteiger partial charge in [0.05, 0.1) is 9.79 Å². The van der Waals surface area contributed by atoms with Gasteiger partial charge in [-0.1, -0.05) is 125 Å². The quantitative estimate of drug-likeness (QED) is 0.271. The molecule has 0 unspecified atom stereocenters. The summed E-state index contributed by atoms with van der Waals surface area (Å²) in [7, 11) is -4.24. The average molecular weight is 609 g/mol. The average Bonchev–Trinajstić information content (AvgIpc) is 2.79. The fourth-order valence-corrected chi connectivity index (χ4v) is 7.66. The smallest absolute Gasteiger partial charge is 0.385 e. The molecule has 6 heteroatoms. The topological polar surface area (TPSA) is 44.8 Å². The van der Waals surface area contributed by atoms with Gasteiger partial charge in [-0.3, -0.25) is 0 Å². The first-order chi connectivity index (χ1) is 19.0. The van der Waals surface area contributed by atoms with Crippen LogP contribution in [-0.2, 0) is 26.2 Å². The molecule has 0 radical (unpaired) electrons.